The summed E-state index contributed by atoms with van der Waals surface area (Å²) < 4.78 is 0. The first-order valence-electron chi connectivity index (χ1n) is 6.81. The number of amides is 1. The molecule has 5 heteroatoms. The number of carbonyl (C=O) groups excluding carboxylic acids is 1. The van der Waals surface area contributed by atoms with Crippen LogP contribution in [0.4, 0.5) is 5.82 Å². The number of hydrogen-bond acceptors (Lipinski definition) is 3. The van der Waals surface area contributed by atoms with Gasteiger partial charge in [-0.15, -0.1) is 0 Å². The van der Waals surface area contributed by atoms with E-state index in [1.807, 2.05) is 0 Å². The molecule has 1 aromatic heterocycles. The van der Waals surface area contributed by atoms with Crippen LogP contribution in [0, 0.1) is 11.3 Å². The summed E-state index contributed by atoms with van der Waals surface area (Å²) in [5.41, 5.74) is -0.231. The average molecular weight is 282 g/mol. The molecule has 1 N–H and O–H groups in total. The van der Waals surface area contributed by atoms with Crippen molar-refractivity contribution in [2.75, 3.05) is 5.32 Å². The van der Waals surface area contributed by atoms with E-state index in [9.17, 15) is 4.79 Å². The van der Waals surface area contributed by atoms with Gasteiger partial charge in [-0.3, -0.25) is 4.79 Å². The second kappa shape index (κ2) is 5.87. The third kappa shape index (κ3) is 3.44. The smallest absolute Gasteiger partial charge is 0.231 e. The van der Waals surface area contributed by atoms with E-state index in [0.29, 0.717) is 16.9 Å². The highest BCUT2D eigenvalue weighted by Gasteiger charge is 2.41. The second-order valence-corrected chi connectivity index (χ2v) is 6.15. The maximum atomic E-state index is 12.6. The van der Waals surface area contributed by atoms with Crippen LogP contribution in [0.3, 0.4) is 0 Å². The minimum atomic E-state index is -0.231. The molecule has 0 spiro atoms. The van der Waals surface area contributed by atoms with Gasteiger partial charge in [-0.2, -0.15) is 0 Å². The Morgan fingerprint density at radius 2 is 2.11 bits per heavy atom. The SMILES string of the molecule is CC(C)CC1(C(=O)Nc2cc(Cl)ncn2)CCCC1. The van der Waals surface area contributed by atoms with E-state index < -0.39 is 0 Å². The van der Waals surface area contributed by atoms with Gasteiger partial charge in [-0.1, -0.05) is 38.3 Å². The molecule has 0 unspecified atom stereocenters. The van der Waals surface area contributed by atoms with Crippen molar-refractivity contribution in [3.63, 3.8) is 0 Å². The second-order valence-electron chi connectivity index (χ2n) is 5.77. The van der Waals surface area contributed by atoms with Crippen molar-refractivity contribution < 1.29 is 4.79 Å². The number of carbonyl (C=O) groups is 1. The highest BCUT2D eigenvalue weighted by molar-refractivity contribution is 6.29. The van der Waals surface area contributed by atoms with Gasteiger partial charge in [-0.05, 0) is 25.2 Å². The molecule has 0 aliphatic heterocycles. The highest BCUT2D eigenvalue weighted by Crippen LogP contribution is 2.43. The zero-order chi connectivity index (χ0) is 13.9. The van der Waals surface area contributed by atoms with Gasteiger partial charge in [0, 0.05) is 11.5 Å². The van der Waals surface area contributed by atoms with E-state index in [4.69, 9.17) is 11.6 Å². The summed E-state index contributed by atoms with van der Waals surface area (Å²) >= 11 is 5.80. The summed E-state index contributed by atoms with van der Waals surface area (Å²) in [6.07, 6.45) is 6.49. The normalized spacial score (nSPS) is 17.7. The molecular weight excluding hydrogens is 262 g/mol. The van der Waals surface area contributed by atoms with Gasteiger partial charge in [0.25, 0.3) is 0 Å². The van der Waals surface area contributed by atoms with E-state index in [-0.39, 0.29) is 11.3 Å². The zero-order valence-corrected chi connectivity index (χ0v) is 12.2. The van der Waals surface area contributed by atoms with Crippen LogP contribution in [0.5, 0.6) is 0 Å². The third-order valence-electron chi connectivity index (χ3n) is 3.72. The summed E-state index contributed by atoms with van der Waals surface area (Å²) in [6, 6.07) is 1.58. The van der Waals surface area contributed by atoms with Crippen LogP contribution in [-0.2, 0) is 4.79 Å². The van der Waals surface area contributed by atoms with E-state index >= 15 is 0 Å². The molecule has 0 bridgehead atoms. The summed E-state index contributed by atoms with van der Waals surface area (Å²) in [7, 11) is 0. The molecule has 1 amide bonds. The number of anilines is 1. The van der Waals surface area contributed by atoms with Crippen LogP contribution in [-0.4, -0.2) is 15.9 Å². The van der Waals surface area contributed by atoms with Crippen molar-refractivity contribution in [3.8, 4) is 0 Å². The zero-order valence-electron chi connectivity index (χ0n) is 11.4. The fourth-order valence-corrected chi connectivity index (χ4v) is 3.15. The van der Waals surface area contributed by atoms with Crippen LogP contribution in [0.15, 0.2) is 12.4 Å². The minimum Gasteiger partial charge on any atom is -0.310 e. The van der Waals surface area contributed by atoms with Gasteiger partial charge >= 0.3 is 0 Å². The molecule has 1 saturated carbocycles. The van der Waals surface area contributed by atoms with Crippen molar-refractivity contribution in [1.29, 1.82) is 0 Å². The van der Waals surface area contributed by atoms with E-state index in [2.05, 4.69) is 29.1 Å². The molecule has 0 saturated heterocycles. The number of halogens is 1. The lowest BCUT2D eigenvalue weighted by molar-refractivity contribution is -0.126. The summed E-state index contributed by atoms with van der Waals surface area (Å²) in [5, 5.41) is 3.24. The predicted molar refractivity (Wildman–Crippen MR) is 76.0 cm³/mol. The molecule has 1 fully saturated rings. The molecule has 1 aromatic rings. The lowest BCUT2D eigenvalue weighted by atomic mass is 9.77. The first-order valence-corrected chi connectivity index (χ1v) is 7.19. The standard InChI is InChI=1S/C14H20ClN3O/c1-10(2)8-14(5-3-4-6-14)13(19)18-12-7-11(15)16-9-17-12/h7,9-10H,3-6,8H2,1-2H3,(H,16,17,18,19). The quantitative estimate of drug-likeness (QED) is 0.857. The van der Waals surface area contributed by atoms with Crippen molar-refractivity contribution in [2.45, 2.75) is 46.0 Å². The molecule has 1 aliphatic rings. The van der Waals surface area contributed by atoms with Crippen LogP contribution in [0.2, 0.25) is 5.15 Å². The van der Waals surface area contributed by atoms with Crippen molar-refractivity contribution in [3.05, 3.63) is 17.5 Å². The molecule has 2 rings (SSSR count). The Labute approximate surface area is 119 Å². The Balaban J connectivity index is 2.12. The third-order valence-corrected chi connectivity index (χ3v) is 3.92. The highest BCUT2D eigenvalue weighted by atomic mass is 35.5. The van der Waals surface area contributed by atoms with Gasteiger partial charge in [0.1, 0.15) is 17.3 Å². The van der Waals surface area contributed by atoms with Crippen LogP contribution >= 0.6 is 11.6 Å². The molecule has 0 aromatic carbocycles. The monoisotopic (exact) mass is 281 g/mol. The molecular formula is C14H20ClN3O. The van der Waals surface area contributed by atoms with E-state index in [1.165, 1.54) is 6.33 Å². The minimum absolute atomic E-state index is 0.0773. The Kier molecular flexibility index (Phi) is 4.40. The first kappa shape index (κ1) is 14.3. The molecule has 104 valence electrons. The van der Waals surface area contributed by atoms with Crippen LogP contribution < -0.4 is 5.32 Å². The lowest BCUT2D eigenvalue weighted by Crippen LogP contribution is -2.35. The lowest BCUT2D eigenvalue weighted by Gasteiger charge is -2.29. The first-order chi connectivity index (χ1) is 9.02. The summed E-state index contributed by atoms with van der Waals surface area (Å²) in [6.45, 7) is 4.32. The van der Waals surface area contributed by atoms with Gasteiger partial charge in [0.2, 0.25) is 5.91 Å². The maximum Gasteiger partial charge on any atom is 0.231 e. The van der Waals surface area contributed by atoms with Gasteiger partial charge in [0.15, 0.2) is 0 Å². The number of hydrogen-bond donors (Lipinski definition) is 1. The largest absolute Gasteiger partial charge is 0.310 e. The summed E-state index contributed by atoms with van der Waals surface area (Å²) in [4.78, 5) is 20.4. The average Bonchev–Trinajstić information content (AvgIpc) is 2.78. The molecule has 0 atom stereocenters. The Hall–Kier alpha value is -1.16. The van der Waals surface area contributed by atoms with E-state index in [0.717, 1.165) is 32.1 Å². The number of nitrogens with one attached hydrogen (secondary N) is 1. The molecule has 1 aliphatic carbocycles. The fraction of sp³-hybridized carbons (Fsp3) is 0.643. The van der Waals surface area contributed by atoms with Gasteiger partial charge < -0.3 is 5.32 Å². The number of aromatic nitrogens is 2. The number of nitrogens with zero attached hydrogens (tertiary/aromatic N) is 2. The molecule has 0 radical (unpaired) electrons. The van der Waals surface area contributed by atoms with Crippen LogP contribution in [0.1, 0.15) is 46.0 Å². The Bertz CT molecular complexity index is 456. The predicted octanol–water partition coefficient (Wildman–Crippen LogP) is 3.68. The summed E-state index contributed by atoms with van der Waals surface area (Å²) in [5.74, 6) is 1.08. The van der Waals surface area contributed by atoms with Crippen molar-refractivity contribution in [2.24, 2.45) is 11.3 Å². The topological polar surface area (TPSA) is 54.9 Å². The van der Waals surface area contributed by atoms with Gasteiger partial charge in [0.05, 0.1) is 0 Å². The molecule has 4 nitrogen and oxygen atoms in total. The fourth-order valence-electron chi connectivity index (χ4n) is 3.01. The van der Waals surface area contributed by atoms with E-state index in [1.54, 1.807) is 6.07 Å². The Morgan fingerprint density at radius 3 is 2.68 bits per heavy atom. The molecule has 1 heterocycles. The molecule has 19 heavy (non-hydrogen) atoms. The maximum absolute atomic E-state index is 12.6. The van der Waals surface area contributed by atoms with Crippen LogP contribution in [0.25, 0.3) is 0 Å². The Morgan fingerprint density at radius 1 is 1.42 bits per heavy atom. The van der Waals surface area contributed by atoms with Gasteiger partial charge in [-0.25, -0.2) is 9.97 Å². The van der Waals surface area contributed by atoms with Crippen molar-refractivity contribution >= 4 is 23.3 Å². The van der Waals surface area contributed by atoms with Crippen molar-refractivity contribution in [1.82, 2.24) is 9.97 Å². The number of rotatable bonds is 4.